The second-order valence-electron chi connectivity index (χ2n) is 6.42. The molecule has 8 nitrogen and oxygen atoms in total. The van der Waals surface area contributed by atoms with Crippen LogP contribution in [0.3, 0.4) is 0 Å². The molecule has 2 N–H and O–H groups in total. The van der Waals surface area contributed by atoms with Gasteiger partial charge in [-0.2, -0.15) is 0 Å². The normalized spacial score (nSPS) is 10.7. The molecule has 8 heteroatoms. The summed E-state index contributed by atoms with van der Waals surface area (Å²) >= 11 is 0. The summed E-state index contributed by atoms with van der Waals surface area (Å²) in [5, 5.41) is 17.5. The first kappa shape index (κ1) is 18.2. The summed E-state index contributed by atoms with van der Waals surface area (Å²) in [4.78, 5) is 23.4. The number of aromatic nitrogens is 3. The largest absolute Gasteiger partial charge is 0.353 e. The maximum absolute atomic E-state index is 11.6. The van der Waals surface area contributed by atoms with Crippen molar-refractivity contribution < 1.29 is 4.92 Å². The first-order valence-corrected chi connectivity index (χ1v) is 8.50. The summed E-state index contributed by atoms with van der Waals surface area (Å²) in [6, 6.07) is 11.3. The summed E-state index contributed by atoms with van der Waals surface area (Å²) < 4.78 is 0. The molecule has 138 valence electrons. The molecule has 0 aliphatic rings. The van der Waals surface area contributed by atoms with Crippen LogP contribution in [0.2, 0.25) is 0 Å². The molecule has 2 heterocycles. The van der Waals surface area contributed by atoms with Gasteiger partial charge in [-0.05, 0) is 42.2 Å². The molecule has 0 atom stereocenters. The fraction of sp³-hybridized carbons (Fsp3) is 0.211. The molecule has 3 aromatic rings. The molecule has 0 amide bonds. The Kier molecular flexibility index (Phi) is 5.25. The maximum Gasteiger partial charge on any atom is 0.353 e. The Hall–Kier alpha value is -3.55. The molecule has 0 saturated carbocycles. The summed E-state index contributed by atoms with van der Waals surface area (Å²) in [7, 11) is 0. The monoisotopic (exact) mass is 364 g/mol. The van der Waals surface area contributed by atoms with Crippen molar-refractivity contribution in [1.29, 1.82) is 0 Å². The first-order valence-electron chi connectivity index (χ1n) is 8.50. The number of nitrogens with zero attached hydrogens (tertiary/aromatic N) is 4. The van der Waals surface area contributed by atoms with Gasteiger partial charge in [0, 0.05) is 11.9 Å². The highest BCUT2D eigenvalue weighted by atomic mass is 16.6. The highest BCUT2D eigenvalue weighted by Crippen LogP contribution is 2.32. The Labute approximate surface area is 156 Å². The van der Waals surface area contributed by atoms with Gasteiger partial charge in [-0.15, -0.1) is 0 Å². The molecule has 0 aliphatic heterocycles. The molecule has 1 aromatic carbocycles. The standard InChI is InChI=1S/C19H20N6O2/c1-12(2)14-5-7-15(8-6-14)23-18-17(25(26)27)19(22-11-21-18)24-16-9-4-13(3)10-20-16/h4-12H,1-3H3,(H2,20,21,22,23,24). The third-order valence-electron chi connectivity index (χ3n) is 4.00. The molecule has 0 saturated heterocycles. The number of aryl methyl sites for hydroxylation is 1. The molecule has 0 unspecified atom stereocenters. The lowest BCUT2D eigenvalue weighted by Crippen LogP contribution is -2.06. The summed E-state index contributed by atoms with van der Waals surface area (Å²) in [5.41, 5.74) is 2.64. The van der Waals surface area contributed by atoms with Crippen LogP contribution < -0.4 is 10.6 Å². The van der Waals surface area contributed by atoms with Crippen molar-refractivity contribution in [3.05, 3.63) is 70.2 Å². The topological polar surface area (TPSA) is 106 Å². The molecule has 2 aromatic heterocycles. The average Bonchev–Trinajstić information content (AvgIpc) is 2.64. The Balaban J connectivity index is 1.91. The number of nitrogens with one attached hydrogen (secondary N) is 2. The van der Waals surface area contributed by atoms with Crippen LogP contribution in [0.4, 0.5) is 28.8 Å². The van der Waals surface area contributed by atoms with Gasteiger partial charge in [0.25, 0.3) is 0 Å². The van der Waals surface area contributed by atoms with Crippen molar-refractivity contribution in [2.45, 2.75) is 26.7 Å². The second-order valence-corrected chi connectivity index (χ2v) is 6.42. The van der Waals surface area contributed by atoms with E-state index in [4.69, 9.17) is 0 Å². The van der Waals surface area contributed by atoms with Crippen LogP contribution >= 0.6 is 0 Å². The minimum atomic E-state index is -0.513. The third kappa shape index (κ3) is 4.35. The van der Waals surface area contributed by atoms with Gasteiger partial charge >= 0.3 is 5.69 Å². The highest BCUT2D eigenvalue weighted by molar-refractivity contribution is 5.76. The zero-order chi connectivity index (χ0) is 19.4. The van der Waals surface area contributed by atoms with Crippen LogP contribution in [0.5, 0.6) is 0 Å². The van der Waals surface area contributed by atoms with E-state index in [0.717, 1.165) is 5.56 Å². The van der Waals surface area contributed by atoms with Crippen molar-refractivity contribution in [3.8, 4) is 0 Å². The summed E-state index contributed by atoms with van der Waals surface area (Å²) in [6.45, 7) is 6.13. The first-order chi connectivity index (χ1) is 12.9. The number of pyridine rings is 1. The van der Waals surface area contributed by atoms with E-state index in [9.17, 15) is 10.1 Å². The van der Waals surface area contributed by atoms with E-state index in [-0.39, 0.29) is 17.3 Å². The Morgan fingerprint density at radius 2 is 1.63 bits per heavy atom. The number of hydrogen-bond acceptors (Lipinski definition) is 7. The van der Waals surface area contributed by atoms with Crippen LogP contribution in [-0.2, 0) is 0 Å². The van der Waals surface area contributed by atoms with Crippen molar-refractivity contribution >= 4 is 28.8 Å². The average molecular weight is 364 g/mol. The molecule has 3 rings (SSSR count). The van der Waals surface area contributed by atoms with Crippen molar-refractivity contribution in [2.75, 3.05) is 10.6 Å². The van der Waals surface area contributed by atoms with E-state index < -0.39 is 4.92 Å². The van der Waals surface area contributed by atoms with E-state index in [2.05, 4.69) is 39.4 Å². The minimum Gasteiger partial charge on any atom is -0.334 e. The smallest absolute Gasteiger partial charge is 0.334 e. The van der Waals surface area contributed by atoms with E-state index in [1.165, 1.54) is 11.9 Å². The van der Waals surface area contributed by atoms with Crippen LogP contribution in [0, 0.1) is 17.0 Å². The molecule has 0 bridgehead atoms. The number of benzene rings is 1. The van der Waals surface area contributed by atoms with Gasteiger partial charge < -0.3 is 10.6 Å². The van der Waals surface area contributed by atoms with Crippen molar-refractivity contribution in [2.24, 2.45) is 0 Å². The maximum atomic E-state index is 11.6. The number of nitro groups is 1. The predicted molar refractivity (Wildman–Crippen MR) is 105 cm³/mol. The van der Waals surface area contributed by atoms with Crippen LogP contribution in [0.15, 0.2) is 48.9 Å². The fourth-order valence-corrected chi connectivity index (χ4v) is 2.49. The zero-order valence-corrected chi connectivity index (χ0v) is 15.3. The van der Waals surface area contributed by atoms with E-state index in [1.54, 1.807) is 12.3 Å². The van der Waals surface area contributed by atoms with Gasteiger partial charge in [0.15, 0.2) is 0 Å². The quantitative estimate of drug-likeness (QED) is 0.482. The van der Waals surface area contributed by atoms with Crippen molar-refractivity contribution in [1.82, 2.24) is 15.0 Å². The molecule has 0 spiro atoms. The van der Waals surface area contributed by atoms with Crippen molar-refractivity contribution in [3.63, 3.8) is 0 Å². The second kappa shape index (κ2) is 7.77. The van der Waals surface area contributed by atoms with Gasteiger partial charge in [0.05, 0.1) is 4.92 Å². The highest BCUT2D eigenvalue weighted by Gasteiger charge is 2.23. The molecular formula is C19H20N6O2. The molecule has 0 radical (unpaired) electrons. The van der Waals surface area contributed by atoms with Crippen LogP contribution in [-0.4, -0.2) is 19.9 Å². The van der Waals surface area contributed by atoms with E-state index in [0.29, 0.717) is 17.4 Å². The van der Waals surface area contributed by atoms with Gasteiger partial charge in [-0.25, -0.2) is 15.0 Å². The van der Waals surface area contributed by atoms with Gasteiger partial charge in [0.2, 0.25) is 11.6 Å². The summed E-state index contributed by atoms with van der Waals surface area (Å²) in [6.07, 6.45) is 2.94. The zero-order valence-electron chi connectivity index (χ0n) is 15.3. The molecule has 0 fully saturated rings. The predicted octanol–water partition coefficient (Wildman–Crippen LogP) is 4.70. The van der Waals surface area contributed by atoms with E-state index >= 15 is 0 Å². The number of anilines is 4. The lowest BCUT2D eigenvalue weighted by atomic mass is 10.0. The van der Waals surface area contributed by atoms with Crippen LogP contribution in [0.25, 0.3) is 0 Å². The van der Waals surface area contributed by atoms with Gasteiger partial charge in [-0.3, -0.25) is 10.1 Å². The van der Waals surface area contributed by atoms with Crippen LogP contribution in [0.1, 0.15) is 30.9 Å². The lowest BCUT2D eigenvalue weighted by molar-refractivity contribution is -0.383. The third-order valence-corrected chi connectivity index (χ3v) is 4.00. The molecule has 0 aliphatic carbocycles. The Bertz CT molecular complexity index is 939. The molecular weight excluding hydrogens is 344 g/mol. The van der Waals surface area contributed by atoms with Gasteiger partial charge in [0.1, 0.15) is 12.1 Å². The number of hydrogen-bond donors (Lipinski definition) is 2. The molecule has 27 heavy (non-hydrogen) atoms. The minimum absolute atomic E-state index is 0.0765. The lowest BCUT2D eigenvalue weighted by Gasteiger charge is -2.11. The van der Waals surface area contributed by atoms with Gasteiger partial charge in [-0.1, -0.05) is 32.0 Å². The Morgan fingerprint density at radius 3 is 2.19 bits per heavy atom. The van der Waals surface area contributed by atoms with E-state index in [1.807, 2.05) is 37.3 Å². The SMILES string of the molecule is Cc1ccc(Nc2ncnc(Nc3ccc(C(C)C)cc3)c2[N+](=O)[O-])nc1. The summed E-state index contributed by atoms with van der Waals surface area (Å²) in [5.74, 6) is 1.06. The number of rotatable bonds is 6. The Morgan fingerprint density at radius 1 is 0.963 bits per heavy atom. The fourth-order valence-electron chi connectivity index (χ4n) is 2.49.